The van der Waals surface area contributed by atoms with Crippen LogP contribution in [0.25, 0.3) is 11.4 Å². The lowest BCUT2D eigenvalue weighted by molar-refractivity contribution is -0.133. The summed E-state index contributed by atoms with van der Waals surface area (Å²) in [5, 5.41) is 0. The Morgan fingerprint density at radius 1 is 0.966 bits per heavy atom. The highest BCUT2D eigenvalue weighted by Crippen LogP contribution is 2.19. The van der Waals surface area contributed by atoms with Gasteiger partial charge in [-0.15, -0.1) is 0 Å². The smallest absolute Gasteiger partial charge is 0.260 e. The minimum absolute atomic E-state index is 0.0582. The molecule has 29 heavy (non-hydrogen) atoms. The van der Waals surface area contributed by atoms with E-state index in [-0.39, 0.29) is 18.3 Å². The molecule has 0 atom stereocenters. The first-order valence-electron chi connectivity index (χ1n) is 9.48. The van der Waals surface area contributed by atoms with E-state index in [1.54, 1.807) is 11.1 Å². The van der Waals surface area contributed by atoms with Gasteiger partial charge < -0.3 is 14.5 Å². The predicted octanol–water partition coefficient (Wildman–Crippen LogP) is 3.01. The summed E-state index contributed by atoms with van der Waals surface area (Å²) in [6.45, 7) is 2.50. The van der Waals surface area contributed by atoms with Crippen molar-refractivity contribution in [2.24, 2.45) is 0 Å². The summed E-state index contributed by atoms with van der Waals surface area (Å²) in [5.74, 6) is 1.61. The Bertz CT molecular complexity index is 958. The number of aromatic nitrogens is 2. The van der Waals surface area contributed by atoms with E-state index >= 15 is 0 Å². The van der Waals surface area contributed by atoms with E-state index in [4.69, 9.17) is 4.74 Å². The topological polar surface area (TPSA) is 58.6 Å². The number of hydrogen-bond donors (Lipinski definition) is 0. The summed E-state index contributed by atoms with van der Waals surface area (Å²) < 4.78 is 18.4. The van der Waals surface area contributed by atoms with Crippen LogP contribution < -0.4 is 9.64 Å². The van der Waals surface area contributed by atoms with E-state index in [2.05, 4.69) is 14.9 Å². The van der Waals surface area contributed by atoms with E-state index in [1.165, 1.54) is 24.3 Å². The lowest BCUT2D eigenvalue weighted by Gasteiger charge is -2.35. The van der Waals surface area contributed by atoms with Crippen molar-refractivity contribution < 1.29 is 13.9 Å². The van der Waals surface area contributed by atoms with Gasteiger partial charge in [-0.05, 0) is 30.3 Å². The van der Waals surface area contributed by atoms with Crippen LogP contribution in [0.5, 0.6) is 5.75 Å². The zero-order valence-corrected chi connectivity index (χ0v) is 15.9. The second kappa shape index (κ2) is 8.68. The molecule has 0 bridgehead atoms. The molecule has 7 heteroatoms. The quantitative estimate of drug-likeness (QED) is 0.668. The van der Waals surface area contributed by atoms with Gasteiger partial charge in [0.15, 0.2) is 12.4 Å². The molecule has 1 saturated heterocycles. The molecule has 0 radical (unpaired) electrons. The largest absolute Gasteiger partial charge is 0.484 e. The standard InChI is InChI=1S/C22H21FN4O2/c23-18-6-8-19(9-7-18)29-16-21(28)27-14-12-26(13-15-27)20-10-11-24-22(25-20)17-4-2-1-3-5-17/h1-11H,12-16H2. The third-order valence-corrected chi connectivity index (χ3v) is 4.81. The van der Waals surface area contributed by atoms with Crippen LogP contribution >= 0.6 is 0 Å². The monoisotopic (exact) mass is 392 g/mol. The van der Waals surface area contributed by atoms with E-state index in [1.807, 2.05) is 36.4 Å². The van der Waals surface area contributed by atoms with Crippen molar-refractivity contribution in [2.45, 2.75) is 0 Å². The van der Waals surface area contributed by atoms with Gasteiger partial charge in [0.25, 0.3) is 5.91 Å². The molecular weight excluding hydrogens is 371 g/mol. The lowest BCUT2D eigenvalue weighted by Crippen LogP contribution is -2.50. The SMILES string of the molecule is O=C(COc1ccc(F)cc1)N1CCN(c2ccnc(-c3ccccc3)n2)CC1. The van der Waals surface area contributed by atoms with Crippen LogP contribution in [0.4, 0.5) is 10.2 Å². The zero-order chi connectivity index (χ0) is 20.1. The number of nitrogens with zero attached hydrogens (tertiary/aromatic N) is 4. The first-order chi connectivity index (χ1) is 14.2. The van der Waals surface area contributed by atoms with Gasteiger partial charge >= 0.3 is 0 Å². The summed E-state index contributed by atoms with van der Waals surface area (Å²) in [7, 11) is 0. The molecular formula is C22H21FN4O2. The Balaban J connectivity index is 1.32. The van der Waals surface area contributed by atoms with Gasteiger partial charge in [-0.1, -0.05) is 30.3 Å². The number of hydrogen-bond acceptors (Lipinski definition) is 5. The first-order valence-corrected chi connectivity index (χ1v) is 9.48. The van der Waals surface area contributed by atoms with Gasteiger partial charge in [0.1, 0.15) is 17.4 Å². The molecule has 1 aliphatic rings. The van der Waals surface area contributed by atoms with E-state index in [0.29, 0.717) is 37.8 Å². The maximum Gasteiger partial charge on any atom is 0.260 e. The molecule has 1 aromatic heterocycles. The Morgan fingerprint density at radius 2 is 1.69 bits per heavy atom. The number of carbonyl (C=O) groups excluding carboxylic acids is 1. The Hall–Kier alpha value is -3.48. The highest BCUT2D eigenvalue weighted by atomic mass is 19.1. The van der Waals surface area contributed by atoms with Crippen molar-refractivity contribution in [3.63, 3.8) is 0 Å². The van der Waals surface area contributed by atoms with Crippen molar-refractivity contribution in [3.8, 4) is 17.1 Å². The summed E-state index contributed by atoms with van der Waals surface area (Å²) in [5.41, 5.74) is 0.973. The lowest BCUT2D eigenvalue weighted by atomic mass is 10.2. The number of benzene rings is 2. The van der Waals surface area contributed by atoms with Crippen molar-refractivity contribution in [1.29, 1.82) is 0 Å². The zero-order valence-electron chi connectivity index (χ0n) is 15.9. The molecule has 2 aromatic carbocycles. The van der Waals surface area contributed by atoms with Crippen molar-refractivity contribution in [1.82, 2.24) is 14.9 Å². The van der Waals surface area contributed by atoms with Crippen molar-refractivity contribution in [3.05, 3.63) is 72.7 Å². The van der Waals surface area contributed by atoms with E-state index in [9.17, 15) is 9.18 Å². The first kappa shape index (κ1) is 18.9. The fraction of sp³-hybridized carbons (Fsp3) is 0.227. The second-order valence-electron chi connectivity index (χ2n) is 6.71. The van der Waals surface area contributed by atoms with Gasteiger partial charge in [-0.25, -0.2) is 14.4 Å². The minimum Gasteiger partial charge on any atom is -0.484 e. The van der Waals surface area contributed by atoms with Gasteiger partial charge in [0.2, 0.25) is 0 Å². The fourth-order valence-electron chi connectivity index (χ4n) is 3.20. The summed E-state index contributed by atoms with van der Waals surface area (Å²) >= 11 is 0. The Morgan fingerprint density at radius 3 is 2.41 bits per heavy atom. The Kier molecular flexibility index (Phi) is 5.65. The van der Waals surface area contributed by atoms with Crippen LogP contribution in [0, 0.1) is 5.82 Å². The molecule has 148 valence electrons. The van der Waals surface area contributed by atoms with Crippen LogP contribution in [-0.2, 0) is 4.79 Å². The van der Waals surface area contributed by atoms with Crippen LogP contribution in [-0.4, -0.2) is 53.6 Å². The molecule has 0 aliphatic carbocycles. The number of amides is 1. The number of rotatable bonds is 5. The molecule has 0 spiro atoms. The van der Waals surface area contributed by atoms with Gasteiger partial charge in [0.05, 0.1) is 0 Å². The predicted molar refractivity (Wildman–Crippen MR) is 108 cm³/mol. The maximum atomic E-state index is 12.9. The van der Waals surface area contributed by atoms with Crippen LogP contribution in [0.15, 0.2) is 66.9 Å². The normalized spacial score (nSPS) is 14.0. The van der Waals surface area contributed by atoms with Crippen LogP contribution in [0.3, 0.4) is 0 Å². The third-order valence-electron chi connectivity index (χ3n) is 4.81. The summed E-state index contributed by atoms with van der Waals surface area (Å²) in [6.07, 6.45) is 1.76. The molecule has 1 amide bonds. The molecule has 0 N–H and O–H groups in total. The molecule has 2 heterocycles. The minimum atomic E-state index is -0.333. The van der Waals surface area contributed by atoms with Crippen LogP contribution in [0.2, 0.25) is 0 Å². The van der Waals surface area contributed by atoms with E-state index in [0.717, 1.165) is 11.4 Å². The molecule has 0 saturated carbocycles. The van der Waals surface area contributed by atoms with Gasteiger partial charge in [0, 0.05) is 37.9 Å². The molecule has 1 aliphatic heterocycles. The van der Waals surface area contributed by atoms with Crippen molar-refractivity contribution >= 4 is 11.7 Å². The van der Waals surface area contributed by atoms with Gasteiger partial charge in [-0.2, -0.15) is 0 Å². The average molecular weight is 392 g/mol. The second-order valence-corrected chi connectivity index (χ2v) is 6.71. The molecule has 3 aromatic rings. The molecule has 6 nitrogen and oxygen atoms in total. The third kappa shape index (κ3) is 4.68. The summed E-state index contributed by atoms with van der Waals surface area (Å²) in [6, 6.07) is 17.4. The Labute approximate surface area is 168 Å². The summed E-state index contributed by atoms with van der Waals surface area (Å²) in [4.78, 5) is 25.4. The molecule has 1 fully saturated rings. The molecule has 4 rings (SSSR count). The maximum absolute atomic E-state index is 12.9. The van der Waals surface area contributed by atoms with E-state index < -0.39 is 0 Å². The molecule has 0 unspecified atom stereocenters. The van der Waals surface area contributed by atoms with Crippen molar-refractivity contribution in [2.75, 3.05) is 37.7 Å². The number of halogens is 1. The number of ether oxygens (including phenoxy) is 1. The fourth-order valence-corrected chi connectivity index (χ4v) is 3.20. The number of carbonyl (C=O) groups is 1. The highest BCUT2D eigenvalue weighted by molar-refractivity contribution is 5.78. The average Bonchev–Trinajstić information content (AvgIpc) is 2.79. The van der Waals surface area contributed by atoms with Crippen LogP contribution in [0.1, 0.15) is 0 Å². The highest BCUT2D eigenvalue weighted by Gasteiger charge is 2.22. The number of piperazine rings is 1. The van der Waals surface area contributed by atoms with Gasteiger partial charge in [-0.3, -0.25) is 4.79 Å². The number of anilines is 1.